The van der Waals surface area contributed by atoms with Crippen molar-refractivity contribution in [3.63, 3.8) is 0 Å². The second-order valence-corrected chi connectivity index (χ2v) is 4.43. The molecule has 0 unspecified atom stereocenters. The zero-order valence-corrected chi connectivity index (χ0v) is 11.2. The monoisotopic (exact) mass is 336 g/mol. The van der Waals surface area contributed by atoms with Crippen LogP contribution in [-0.2, 0) is 10.9 Å². The second kappa shape index (κ2) is 4.84. The van der Waals surface area contributed by atoms with Crippen LogP contribution in [0.25, 0.3) is 5.65 Å². The van der Waals surface area contributed by atoms with Gasteiger partial charge in [0, 0.05) is 6.20 Å². The summed E-state index contributed by atoms with van der Waals surface area (Å²) < 4.78 is 44.8. The number of fused-ring (bicyclic) bond motifs is 1. The molecule has 2 heterocycles. The number of alkyl halides is 3. The Morgan fingerprint density at radius 2 is 2.21 bits per heavy atom. The second-order valence-electron chi connectivity index (χ2n) is 3.58. The summed E-state index contributed by atoms with van der Waals surface area (Å²) in [4.78, 5) is 15.2. The lowest BCUT2D eigenvalue weighted by atomic mass is 10.3. The van der Waals surface area contributed by atoms with Crippen LogP contribution in [0.3, 0.4) is 0 Å². The molecule has 0 saturated carbocycles. The number of esters is 1. The van der Waals surface area contributed by atoms with E-state index in [0.29, 0.717) is 4.47 Å². The van der Waals surface area contributed by atoms with Crippen molar-refractivity contribution in [1.29, 1.82) is 0 Å². The van der Waals surface area contributed by atoms with E-state index in [-0.39, 0.29) is 12.3 Å². The highest BCUT2D eigenvalue weighted by atomic mass is 79.9. The number of pyridine rings is 1. The molecule has 0 radical (unpaired) electrons. The SMILES string of the molecule is CCOC(=O)c1c(C(F)(F)F)nc2c(Br)cccn12. The summed E-state index contributed by atoms with van der Waals surface area (Å²) in [5.74, 6) is -1.06. The first-order chi connectivity index (χ1) is 8.86. The number of hydrogen-bond donors (Lipinski definition) is 0. The minimum Gasteiger partial charge on any atom is -0.461 e. The Balaban J connectivity index is 2.76. The highest BCUT2D eigenvalue weighted by Gasteiger charge is 2.40. The predicted octanol–water partition coefficient (Wildman–Crippen LogP) is 3.29. The first kappa shape index (κ1) is 13.9. The van der Waals surface area contributed by atoms with E-state index in [1.165, 1.54) is 25.3 Å². The molecule has 0 N–H and O–H groups in total. The number of ether oxygens (including phenoxy) is 1. The van der Waals surface area contributed by atoms with Gasteiger partial charge in [0.25, 0.3) is 0 Å². The standard InChI is InChI=1S/C11H8BrF3N2O2/c1-2-19-10(18)7-8(11(13,14)15)16-9-6(12)4-3-5-17(7)9/h3-5H,2H2,1H3. The van der Waals surface area contributed by atoms with Crippen molar-refractivity contribution in [3.8, 4) is 0 Å². The van der Waals surface area contributed by atoms with Gasteiger partial charge in [-0.15, -0.1) is 0 Å². The fraction of sp³-hybridized carbons (Fsp3) is 0.273. The van der Waals surface area contributed by atoms with Gasteiger partial charge < -0.3 is 4.74 Å². The number of aromatic nitrogens is 2. The molecule has 0 spiro atoms. The molecule has 19 heavy (non-hydrogen) atoms. The van der Waals surface area contributed by atoms with Crippen molar-refractivity contribution >= 4 is 27.5 Å². The number of carbonyl (C=O) groups is 1. The zero-order valence-electron chi connectivity index (χ0n) is 9.66. The van der Waals surface area contributed by atoms with E-state index in [1.54, 1.807) is 0 Å². The van der Waals surface area contributed by atoms with E-state index in [1.807, 2.05) is 0 Å². The van der Waals surface area contributed by atoms with Gasteiger partial charge in [0.15, 0.2) is 17.0 Å². The summed E-state index contributed by atoms with van der Waals surface area (Å²) >= 11 is 3.10. The Hall–Kier alpha value is -1.57. The largest absolute Gasteiger partial charge is 0.461 e. The number of hydrogen-bond acceptors (Lipinski definition) is 3. The maximum absolute atomic E-state index is 12.9. The summed E-state index contributed by atoms with van der Waals surface area (Å²) in [6, 6.07) is 3.04. The summed E-state index contributed by atoms with van der Waals surface area (Å²) in [5, 5.41) is 0. The molecule has 0 bridgehead atoms. The van der Waals surface area contributed by atoms with Crippen LogP contribution >= 0.6 is 15.9 Å². The Bertz CT molecular complexity index is 637. The van der Waals surface area contributed by atoms with E-state index < -0.39 is 23.5 Å². The van der Waals surface area contributed by atoms with Gasteiger partial charge in [-0.1, -0.05) is 0 Å². The number of imidazole rings is 1. The molecule has 0 amide bonds. The average Bonchev–Trinajstić information content (AvgIpc) is 2.70. The summed E-state index contributed by atoms with van der Waals surface area (Å²) in [6.45, 7) is 1.50. The van der Waals surface area contributed by atoms with E-state index in [9.17, 15) is 18.0 Å². The number of nitrogens with zero attached hydrogens (tertiary/aromatic N) is 2. The molecular formula is C11H8BrF3N2O2. The van der Waals surface area contributed by atoms with Gasteiger partial charge in [-0.3, -0.25) is 4.40 Å². The molecule has 2 rings (SSSR count). The Labute approximate surface area is 114 Å². The molecule has 0 fully saturated rings. The third-order valence-corrected chi connectivity index (χ3v) is 2.96. The predicted molar refractivity (Wildman–Crippen MR) is 63.9 cm³/mol. The number of halogens is 4. The highest BCUT2D eigenvalue weighted by molar-refractivity contribution is 9.10. The minimum atomic E-state index is -4.73. The Morgan fingerprint density at radius 3 is 2.79 bits per heavy atom. The molecule has 4 nitrogen and oxygen atoms in total. The average molecular weight is 337 g/mol. The van der Waals surface area contributed by atoms with Gasteiger partial charge in [0.1, 0.15) is 0 Å². The maximum Gasteiger partial charge on any atom is 0.435 e. The molecule has 0 saturated heterocycles. The number of rotatable bonds is 2. The normalized spacial score (nSPS) is 11.8. The lowest BCUT2D eigenvalue weighted by Crippen LogP contribution is -2.16. The maximum atomic E-state index is 12.9. The van der Waals surface area contributed by atoms with Crippen LogP contribution < -0.4 is 0 Å². The third kappa shape index (κ3) is 2.44. The summed E-state index contributed by atoms with van der Waals surface area (Å²) in [6.07, 6.45) is -3.40. The van der Waals surface area contributed by atoms with Crippen LogP contribution in [0.1, 0.15) is 23.1 Å². The zero-order chi connectivity index (χ0) is 14.2. The van der Waals surface area contributed by atoms with Crippen LogP contribution in [0.4, 0.5) is 13.2 Å². The van der Waals surface area contributed by atoms with Gasteiger partial charge in [0.05, 0.1) is 11.1 Å². The van der Waals surface area contributed by atoms with E-state index in [0.717, 1.165) is 4.40 Å². The minimum absolute atomic E-state index is 0.0119. The van der Waals surface area contributed by atoms with Crippen LogP contribution in [0, 0.1) is 0 Å². The topological polar surface area (TPSA) is 43.6 Å². The first-order valence-corrected chi connectivity index (χ1v) is 6.06. The van der Waals surface area contributed by atoms with Crippen molar-refractivity contribution in [2.75, 3.05) is 6.61 Å². The fourth-order valence-corrected chi connectivity index (χ4v) is 2.06. The van der Waals surface area contributed by atoms with Crippen LogP contribution in [-0.4, -0.2) is 22.0 Å². The van der Waals surface area contributed by atoms with Gasteiger partial charge in [-0.05, 0) is 35.0 Å². The molecule has 2 aromatic heterocycles. The molecule has 0 aliphatic carbocycles. The van der Waals surface area contributed by atoms with Gasteiger partial charge in [-0.2, -0.15) is 13.2 Å². The summed E-state index contributed by atoms with van der Waals surface area (Å²) in [5.41, 5.74) is -1.86. The van der Waals surface area contributed by atoms with E-state index in [4.69, 9.17) is 0 Å². The highest BCUT2D eigenvalue weighted by Crippen LogP contribution is 2.33. The van der Waals surface area contributed by atoms with Crippen molar-refractivity contribution in [1.82, 2.24) is 9.38 Å². The quantitative estimate of drug-likeness (QED) is 0.790. The lowest BCUT2D eigenvalue weighted by Gasteiger charge is -2.06. The third-order valence-electron chi connectivity index (χ3n) is 2.34. The molecule has 0 aliphatic rings. The number of carbonyl (C=O) groups excluding carboxylic acids is 1. The molecule has 0 atom stereocenters. The molecule has 0 aliphatic heterocycles. The molecular weight excluding hydrogens is 329 g/mol. The van der Waals surface area contributed by atoms with Crippen molar-refractivity contribution in [3.05, 3.63) is 34.2 Å². The molecule has 2 aromatic rings. The van der Waals surface area contributed by atoms with Crippen LogP contribution in [0.2, 0.25) is 0 Å². The van der Waals surface area contributed by atoms with Crippen molar-refractivity contribution in [2.24, 2.45) is 0 Å². The summed E-state index contributed by atoms with van der Waals surface area (Å²) in [7, 11) is 0. The van der Waals surface area contributed by atoms with Crippen LogP contribution in [0.15, 0.2) is 22.8 Å². The lowest BCUT2D eigenvalue weighted by molar-refractivity contribution is -0.141. The molecule has 8 heteroatoms. The smallest absolute Gasteiger partial charge is 0.435 e. The van der Waals surface area contributed by atoms with Crippen molar-refractivity contribution in [2.45, 2.75) is 13.1 Å². The van der Waals surface area contributed by atoms with E-state index >= 15 is 0 Å². The first-order valence-electron chi connectivity index (χ1n) is 5.27. The van der Waals surface area contributed by atoms with E-state index in [2.05, 4.69) is 25.7 Å². The van der Waals surface area contributed by atoms with Crippen molar-refractivity contribution < 1.29 is 22.7 Å². The Kier molecular flexibility index (Phi) is 3.53. The van der Waals surface area contributed by atoms with Gasteiger partial charge in [0.2, 0.25) is 0 Å². The fourth-order valence-electron chi connectivity index (χ4n) is 1.63. The Morgan fingerprint density at radius 1 is 1.53 bits per heavy atom. The van der Waals surface area contributed by atoms with Gasteiger partial charge in [-0.25, -0.2) is 9.78 Å². The van der Waals surface area contributed by atoms with Gasteiger partial charge >= 0.3 is 12.1 Å². The molecule has 0 aromatic carbocycles. The molecule has 102 valence electrons. The van der Waals surface area contributed by atoms with Crippen LogP contribution in [0.5, 0.6) is 0 Å².